The summed E-state index contributed by atoms with van der Waals surface area (Å²) >= 11 is 18.5. The Hall–Kier alpha value is -2.31. The van der Waals surface area contributed by atoms with Crippen LogP contribution < -0.4 is 10.1 Å². The number of ether oxygens (including phenoxy) is 1. The van der Waals surface area contributed by atoms with E-state index in [2.05, 4.69) is 5.32 Å². The molecule has 3 rings (SSSR count). The van der Waals surface area contributed by atoms with E-state index in [4.69, 9.17) is 39.5 Å². The maximum atomic E-state index is 15.1. The third-order valence-corrected chi connectivity index (χ3v) is 5.83. The summed E-state index contributed by atoms with van der Waals surface area (Å²) in [7, 11) is 3.84. The summed E-state index contributed by atoms with van der Waals surface area (Å²) in [4.78, 5) is 14.7. The van der Waals surface area contributed by atoms with Crippen molar-refractivity contribution < 1.29 is 13.9 Å². The normalized spacial score (nSPS) is 12.5. The van der Waals surface area contributed by atoms with Crippen molar-refractivity contribution in [2.75, 3.05) is 20.6 Å². The molecule has 3 aromatic carbocycles. The lowest BCUT2D eigenvalue weighted by Crippen LogP contribution is -2.50. The molecule has 0 radical (unpaired) electrons. The van der Waals surface area contributed by atoms with Gasteiger partial charge in [0.2, 0.25) is 0 Å². The quantitative estimate of drug-likeness (QED) is 0.345. The fraction of sp³-hybridized carbons (Fsp3) is 0.269. The Kier molecular flexibility index (Phi) is 8.47. The summed E-state index contributed by atoms with van der Waals surface area (Å²) in [5.41, 5.74) is 1.04. The Morgan fingerprint density at radius 1 is 1.00 bits per heavy atom. The van der Waals surface area contributed by atoms with E-state index in [-0.39, 0.29) is 17.2 Å². The third kappa shape index (κ3) is 6.86. The van der Waals surface area contributed by atoms with Crippen LogP contribution in [0.3, 0.4) is 0 Å². The maximum absolute atomic E-state index is 15.1. The van der Waals surface area contributed by atoms with Crippen molar-refractivity contribution in [2.24, 2.45) is 0 Å². The van der Waals surface area contributed by atoms with Crippen LogP contribution in [0.1, 0.15) is 41.4 Å². The van der Waals surface area contributed by atoms with E-state index in [1.807, 2.05) is 32.8 Å². The van der Waals surface area contributed by atoms with Gasteiger partial charge in [0, 0.05) is 38.3 Å². The average Bonchev–Trinajstić information content (AvgIpc) is 2.73. The molecule has 0 aliphatic heterocycles. The minimum Gasteiger partial charge on any atom is -0.478 e. The van der Waals surface area contributed by atoms with Gasteiger partial charge in [-0.15, -0.1) is 0 Å². The van der Waals surface area contributed by atoms with Gasteiger partial charge in [-0.25, -0.2) is 4.39 Å². The molecule has 1 atom stereocenters. The summed E-state index contributed by atoms with van der Waals surface area (Å²) in [5, 5.41) is 4.35. The van der Waals surface area contributed by atoms with E-state index in [1.165, 1.54) is 18.2 Å². The summed E-state index contributed by atoms with van der Waals surface area (Å²) in [6, 6.07) is 16.2. The van der Waals surface area contributed by atoms with Crippen molar-refractivity contribution in [3.05, 3.63) is 98.2 Å². The van der Waals surface area contributed by atoms with E-state index < -0.39 is 17.5 Å². The largest absolute Gasteiger partial charge is 0.478 e. The van der Waals surface area contributed by atoms with E-state index in [1.54, 1.807) is 42.5 Å². The standard InChI is InChI=1S/C26H26Cl3FN2O2/c1-26(2,15-32(3)4)31-25(33)17-7-12-23(22(30)13-17)34-24(16-5-8-18(27)9-6-16)20-11-10-19(28)14-21(20)29/h5-14,24H,15H2,1-4H3,(H,31,33). The van der Waals surface area contributed by atoms with Crippen LogP contribution in [-0.2, 0) is 0 Å². The number of carbonyl (C=O) groups is 1. The number of carbonyl (C=O) groups excluding carboxylic acids is 1. The van der Waals surface area contributed by atoms with Crippen LogP contribution in [0.15, 0.2) is 60.7 Å². The summed E-state index contributed by atoms with van der Waals surface area (Å²) in [5.74, 6) is -1.05. The predicted octanol–water partition coefficient (Wildman–Crippen LogP) is 7.02. The number of nitrogens with zero attached hydrogens (tertiary/aromatic N) is 1. The number of likely N-dealkylation sites (N-methyl/N-ethyl adjacent to an activating group) is 1. The van der Waals surface area contributed by atoms with E-state index in [0.717, 1.165) is 5.56 Å². The molecule has 0 spiro atoms. The van der Waals surface area contributed by atoms with Crippen molar-refractivity contribution in [2.45, 2.75) is 25.5 Å². The second-order valence-electron chi connectivity index (χ2n) is 8.94. The predicted molar refractivity (Wildman–Crippen MR) is 137 cm³/mol. The van der Waals surface area contributed by atoms with E-state index >= 15 is 4.39 Å². The molecule has 4 nitrogen and oxygen atoms in total. The summed E-state index contributed by atoms with van der Waals surface area (Å²) < 4.78 is 21.2. The lowest BCUT2D eigenvalue weighted by atomic mass is 10.0. The molecule has 0 aliphatic carbocycles. The number of rotatable bonds is 8. The highest BCUT2D eigenvalue weighted by molar-refractivity contribution is 6.35. The van der Waals surface area contributed by atoms with E-state index in [0.29, 0.717) is 27.2 Å². The van der Waals surface area contributed by atoms with Gasteiger partial charge in [0.15, 0.2) is 17.7 Å². The Bertz CT molecular complexity index is 1170. The monoisotopic (exact) mass is 522 g/mol. The fourth-order valence-electron chi connectivity index (χ4n) is 3.74. The number of amides is 1. The number of hydrogen-bond donors (Lipinski definition) is 1. The van der Waals surface area contributed by atoms with Crippen LogP contribution in [-0.4, -0.2) is 37.0 Å². The molecule has 1 amide bonds. The highest BCUT2D eigenvalue weighted by atomic mass is 35.5. The Morgan fingerprint density at radius 3 is 2.24 bits per heavy atom. The fourth-order valence-corrected chi connectivity index (χ4v) is 4.37. The van der Waals surface area contributed by atoms with Gasteiger partial charge in [0.1, 0.15) is 0 Å². The maximum Gasteiger partial charge on any atom is 0.251 e. The van der Waals surface area contributed by atoms with Crippen LogP contribution in [0.5, 0.6) is 5.75 Å². The number of nitrogens with one attached hydrogen (secondary N) is 1. The van der Waals surface area contributed by atoms with Crippen molar-refractivity contribution >= 4 is 40.7 Å². The van der Waals surface area contributed by atoms with Gasteiger partial charge >= 0.3 is 0 Å². The number of hydrogen-bond acceptors (Lipinski definition) is 3. The summed E-state index contributed by atoms with van der Waals surface area (Å²) in [6.07, 6.45) is -0.727. The SMILES string of the molecule is CN(C)CC(C)(C)NC(=O)c1ccc(OC(c2ccc(Cl)cc2)c2ccc(Cl)cc2Cl)c(F)c1. The Labute approximate surface area is 214 Å². The van der Waals surface area contributed by atoms with Crippen LogP contribution in [0, 0.1) is 5.82 Å². The highest BCUT2D eigenvalue weighted by Gasteiger charge is 2.24. The van der Waals surface area contributed by atoms with Gasteiger partial charge < -0.3 is 15.0 Å². The molecule has 0 aromatic heterocycles. The third-order valence-electron chi connectivity index (χ3n) is 5.02. The first-order chi connectivity index (χ1) is 15.9. The molecule has 1 unspecified atom stereocenters. The minimum atomic E-state index is -0.727. The van der Waals surface area contributed by atoms with E-state index in [9.17, 15) is 4.79 Å². The molecule has 0 aliphatic rings. The van der Waals surface area contributed by atoms with Crippen molar-refractivity contribution in [3.63, 3.8) is 0 Å². The molecule has 3 aromatic rings. The van der Waals surface area contributed by atoms with Gasteiger partial charge in [-0.05, 0) is 76.0 Å². The first kappa shape index (κ1) is 26.3. The zero-order valence-corrected chi connectivity index (χ0v) is 21.6. The zero-order chi connectivity index (χ0) is 25.0. The van der Waals surface area contributed by atoms with Gasteiger partial charge in [-0.2, -0.15) is 0 Å². The molecule has 0 heterocycles. The van der Waals surface area contributed by atoms with Gasteiger partial charge in [0.25, 0.3) is 5.91 Å². The number of halogens is 4. The van der Waals surface area contributed by atoms with Crippen LogP contribution in [0.25, 0.3) is 0 Å². The minimum absolute atomic E-state index is 0.0185. The smallest absolute Gasteiger partial charge is 0.251 e. The van der Waals surface area contributed by atoms with Crippen LogP contribution in [0.2, 0.25) is 15.1 Å². The van der Waals surface area contributed by atoms with Crippen molar-refractivity contribution in [1.29, 1.82) is 0 Å². The molecular formula is C26H26Cl3FN2O2. The first-order valence-electron chi connectivity index (χ1n) is 10.6. The lowest BCUT2D eigenvalue weighted by Gasteiger charge is -2.29. The highest BCUT2D eigenvalue weighted by Crippen LogP contribution is 2.35. The molecule has 1 N–H and O–H groups in total. The molecule has 8 heteroatoms. The molecule has 180 valence electrons. The topological polar surface area (TPSA) is 41.6 Å². The van der Waals surface area contributed by atoms with Crippen LogP contribution in [0.4, 0.5) is 4.39 Å². The van der Waals surface area contributed by atoms with Gasteiger partial charge in [0.05, 0.1) is 0 Å². The second kappa shape index (κ2) is 11.0. The van der Waals surface area contributed by atoms with Crippen LogP contribution >= 0.6 is 34.8 Å². The molecule has 0 saturated heterocycles. The molecule has 0 saturated carbocycles. The van der Waals surface area contributed by atoms with Crippen molar-refractivity contribution in [3.8, 4) is 5.75 Å². The van der Waals surface area contributed by atoms with Gasteiger partial charge in [-0.3, -0.25) is 4.79 Å². The molecule has 0 bridgehead atoms. The molecular weight excluding hydrogens is 498 g/mol. The molecule has 34 heavy (non-hydrogen) atoms. The van der Waals surface area contributed by atoms with Crippen molar-refractivity contribution in [1.82, 2.24) is 10.2 Å². The molecule has 0 fully saturated rings. The zero-order valence-electron chi connectivity index (χ0n) is 19.3. The average molecular weight is 524 g/mol. The number of benzene rings is 3. The second-order valence-corrected chi connectivity index (χ2v) is 10.2. The first-order valence-corrected chi connectivity index (χ1v) is 11.7. The summed E-state index contributed by atoms with van der Waals surface area (Å²) in [6.45, 7) is 4.45. The Morgan fingerprint density at radius 2 is 1.65 bits per heavy atom. The van der Waals surface area contributed by atoms with Gasteiger partial charge in [-0.1, -0.05) is 53.0 Å². The Balaban J connectivity index is 1.90. The lowest BCUT2D eigenvalue weighted by molar-refractivity contribution is 0.0899.